The van der Waals surface area contributed by atoms with Crippen LogP contribution in [-0.4, -0.2) is 34.2 Å². The number of alkyl halides is 2. The molecule has 0 aliphatic carbocycles. The fourth-order valence-corrected chi connectivity index (χ4v) is 4.98. The summed E-state index contributed by atoms with van der Waals surface area (Å²) in [5.74, 6) is -5.99. The Morgan fingerprint density at radius 1 is 1.03 bits per heavy atom. The second-order valence-electron chi connectivity index (χ2n) is 9.49. The number of fused-ring (bicyclic) bond motifs is 2. The van der Waals surface area contributed by atoms with Crippen molar-refractivity contribution in [3.8, 4) is 0 Å². The number of ketones is 1. The molecule has 3 atom stereocenters. The molecule has 0 amide bonds. The Hall–Kier alpha value is -2.60. The van der Waals surface area contributed by atoms with E-state index in [1.54, 1.807) is 51.1 Å². The molecule has 2 saturated heterocycles. The lowest BCUT2D eigenvalue weighted by Gasteiger charge is -2.46. The smallest absolute Gasteiger partial charge is 0.311 e. The SMILES string of the molecule is CC(C)(C)OC(=O)[C@@H]1C[C@@]2(c3ccccc3)C(=O)C(F)(F)C[C@@H]1N2Cc1ccccc1. The van der Waals surface area contributed by atoms with E-state index in [1.165, 1.54) is 0 Å². The van der Waals surface area contributed by atoms with Crippen molar-refractivity contribution in [1.82, 2.24) is 4.90 Å². The number of ether oxygens (including phenoxy) is 1. The van der Waals surface area contributed by atoms with Crippen LogP contribution in [0.1, 0.15) is 44.7 Å². The summed E-state index contributed by atoms with van der Waals surface area (Å²) in [4.78, 5) is 28.2. The lowest BCUT2D eigenvalue weighted by Crippen LogP contribution is -2.61. The standard InChI is InChI=1S/C25H27F2NO3/c1-23(2,3)31-21(29)19-14-24(18-12-8-5-9-13-18)22(30)25(26,27)15-20(19)28(24)16-17-10-6-4-7-11-17/h4-13,19-20H,14-16H2,1-3H3/t19-,20+,24-/m1/s1. The molecule has 0 spiro atoms. The third-order valence-corrected chi connectivity index (χ3v) is 6.20. The Balaban J connectivity index is 1.85. The highest BCUT2D eigenvalue weighted by Crippen LogP contribution is 2.56. The fraction of sp³-hybridized carbons (Fsp3) is 0.440. The zero-order valence-electron chi connectivity index (χ0n) is 18.0. The maximum absolute atomic E-state index is 15.0. The van der Waals surface area contributed by atoms with Crippen molar-refractivity contribution in [2.75, 3.05) is 0 Å². The zero-order chi connectivity index (χ0) is 22.4. The third-order valence-electron chi connectivity index (χ3n) is 6.20. The van der Waals surface area contributed by atoms with E-state index in [2.05, 4.69) is 0 Å². The first-order valence-electron chi connectivity index (χ1n) is 10.6. The molecule has 2 fully saturated rings. The van der Waals surface area contributed by atoms with Crippen molar-refractivity contribution in [3.63, 3.8) is 0 Å². The van der Waals surface area contributed by atoms with Gasteiger partial charge in [0, 0.05) is 19.0 Å². The van der Waals surface area contributed by atoms with Crippen LogP contribution in [0, 0.1) is 5.92 Å². The number of benzene rings is 2. The second-order valence-corrected chi connectivity index (χ2v) is 9.49. The molecule has 0 unspecified atom stereocenters. The molecule has 2 aromatic carbocycles. The summed E-state index contributed by atoms with van der Waals surface area (Å²) < 4.78 is 35.6. The van der Waals surface area contributed by atoms with Crippen molar-refractivity contribution in [2.24, 2.45) is 5.92 Å². The Labute approximate surface area is 181 Å². The number of hydrogen-bond donors (Lipinski definition) is 0. The van der Waals surface area contributed by atoms with Crippen molar-refractivity contribution in [1.29, 1.82) is 0 Å². The number of rotatable bonds is 4. The van der Waals surface area contributed by atoms with Crippen LogP contribution >= 0.6 is 0 Å². The quantitative estimate of drug-likeness (QED) is 0.663. The van der Waals surface area contributed by atoms with E-state index in [0.717, 1.165) is 5.56 Å². The van der Waals surface area contributed by atoms with E-state index < -0.39 is 47.2 Å². The Morgan fingerprint density at radius 3 is 2.19 bits per heavy atom. The topological polar surface area (TPSA) is 46.6 Å². The van der Waals surface area contributed by atoms with E-state index in [-0.39, 0.29) is 6.42 Å². The number of halogens is 2. The maximum atomic E-state index is 15.0. The van der Waals surface area contributed by atoms with Crippen LogP contribution in [0.4, 0.5) is 8.78 Å². The number of piperidine rings is 1. The van der Waals surface area contributed by atoms with Gasteiger partial charge in [0.15, 0.2) is 0 Å². The first kappa shape index (κ1) is 21.6. The molecule has 31 heavy (non-hydrogen) atoms. The normalized spacial score (nSPS) is 27.8. The Bertz CT molecular complexity index is 971. The largest absolute Gasteiger partial charge is 0.460 e. The van der Waals surface area contributed by atoms with Crippen molar-refractivity contribution >= 4 is 11.8 Å². The summed E-state index contributed by atoms with van der Waals surface area (Å²) in [6, 6.07) is 17.3. The van der Waals surface area contributed by atoms with Crippen molar-refractivity contribution in [3.05, 3.63) is 71.8 Å². The van der Waals surface area contributed by atoms with Crippen LogP contribution in [0.3, 0.4) is 0 Å². The Morgan fingerprint density at radius 2 is 1.61 bits per heavy atom. The van der Waals surface area contributed by atoms with Crippen LogP contribution in [0.5, 0.6) is 0 Å². The maximum Gasteiger partial charge on any atom is 0.311 e. The number of carbonyl (C=O) groups excluding carboxylic acids is 2. The van der Waals surface area contributed by atoms with Gasteiger partial charge in [0.2, 0.25) is 5.78 Å². The monoisotopic (exact) mass is 427 g/mol. The summed E-state index contributed by atoms with van der Waals surface area (Å²) >= 11 is 0. The van der Waals surface area contributed by atoms with E-state index in [1.807, 2.05) is 35.2 Å². The minimum Gasteiger partial charge on any atom is -0.460 e. The number of esters is 1. The molecule has 2 heterocycles. The van der Waals surface area contributed by atoms with Gasteiger partial charge in [0.25, 0.3) is 0 Å². The summed E-state index contributed by atoms with van der Waals surface area (Å²) in [5, 5.41) is 0. The first-order valence-corrected chi connectivity index (χ1v) is 10.6. The average Bonchev–Trinajstić information content (AvgIpc) is 2.97. The van der Waals surface area contributed by atoms with Gasteiger partial charge in [0.1, 0.15) is 11.1 Å². The van der Waals surface area contributed by atoms with Gasteiger partial charge in [-0.3, -0.25) is 14.5 Å². The summed E-state index contributed by atoms with van der Waals surface area (Å²) in [6.45, 7) is 5.54. The van der Waals surface area contributed by atoms with E-state index >= 15 is 8.78 Å². The van der Waals surface area contributed by atoms with Crippen molar-refractivity contribution in [2.45, 2.75) is 63.3 Å². The highest BCUT2D eigenvalue weighted by atomic mass is 19.3. The minimum absolute atomic E-state index is 0.0160. The molecular weight excluding hydrogens is 400 g/mol. The average molecular weight is 427 g/mol. The molecule has 0 N–H and O–H groups in total. The molecule has 6 heteroatoms. The van der Waals surface area contributed by atoms with Gasteiger partial charge in [0.05, 0.1) is 5.92 Å². The molecule has 4 nitrogen and oxygen atoms in total. The van der Waals surface area contributed by atoms with Gasteiger partial charge in [-0.1, -0.05) is 60.7 Å². The van der Waals surface area contributed by atoms with Crippen LogP contribution in [0.15, 0.2) is 60.7 Å². The van der Waals surface area contributed by atoms with Crippen LogP contribution in [0.2, 0.25) is 0 Å². The fourth-order valence-electron chi connectivity index (χ4n) is 4.98. The molecule has 4 rings (SSSR count). The first-order chi connectivity index (χ1) is 14.5. The Kier molecular flexibility index (Phi) is 5.24. The summed E-state index contributed by atoms with van der Waals surface area (Å²) in [6.07, 6.45) is -0.699. The molecule has 2 bridgehead atoms. The van der Waals surface area contributed by atoms with Gasteiger partial charge in [-0.15, -0.1) is 0 Å². The number of Topliss-reactive ketones (excluding diaryl/α,β-unsaturated/α-hetero) is 1. The van der Waals surface area contributed by atoms with Gasteiger partial charge >= 0.3 is 11.9 Å². The van der Waals surface area contributed by atoms with E-state index in [4.69, 9.17) is 4.74 Å². The zero-order valence-corrected chi connectivity index (χ0v) is 18.0. The summed E-state index contributed by atoms with van der Waals surface area (Å²) in [5.41, 5.74) is -0.933. The summed E-state index contributed by atoms with van der Waals surface area (Å²) in [7, 11) is 0. The lowest BCUT2D eigenvalue weighted by atomic mass is 9.78. The molecule has 0 radical (unpaired) electrons. The lowest BCUT2D eigenvalue weighted by molar-refractivity contribution is -0.172. The van der Waals surface area contributed by atoms with Gasteiger partial charge in [-0.05, 0) is 38.3 Å². The van der Waals surface area contributed by atoms with E-state index in [0.29, 0.717) is 12.1 Å². The van der Waals surface area contributed by atoms with Crippen LogP contribution in [-0.2, 0) is 26.4 Å². The highest BCUT2D eigenvalue weighted by molar-refractivity contribution is 5.98. The molecule has 2 aliphatic heterocycles. The van der Waals surface area contributed by atoms with Gasteiger partial charge in [-0.2, -0.15) is 8.78 Å². The number of hydrogen-bond acceptors (Lipinski definition) is 4. The molecule has 0 aromatic heterocycles. The minimum atomic E-state index is -3.51. The number of carbonyl (C=O) groups is 2. The van der Waals surface area contributed by atoms with Crippen LogP contribution < -0.4 is 0 Å². The van der Waals surface area contributed by atoms with E-state index in [9.17, 15) is 9.59 Å². The van der Waals surface area contributed by atoms with Crippen LogP contribution in [0.25, 0.3) is 0 Å². The molecule has 2 aliphatic rings. The predicted molar refractivity (Wildman–Crippen MR) is 112 cm³/mol. The molecular formula is C25H27F2NO3. The molecule has 164 valence electrons. The molecule has 2 aromatic rings. The predicted octanol–water partition coefficient (Wildman–Crippen LogP) is 4.72. The third kappa shape index (κ3) is 3.78. The van der Waals surface area contributed by atoms with Gasteiger partial charge < -0.3 is 4.74 Å². The second kappa shape index (κ2) is 7.52. The number of nitrogens with zero attached hydrogens (tertiary/aromatic N) is 1. The van der Waals surface area contributed by atoms with Crippen molar-refractivity contribution < 1.29 is 23.1 Å². The molecule has 0 saturated carbocycles. The highest BCUT2D eigenvalue weighted by Gasteiger charge is 2.69. The van der Waals surface area contributed by atoms with Gasteiger partial charge in [-0.25, -0.2) is 0 Å².